The number of benzene rings is 2. The summed E-state index contributed by atoms with van der Waals surface area (Å²) in [4.78, 5) is 31.2. The minimum absolute atomic E-state index is 0.0165. The highest BCUT2D eigenvalue weighted by molar-refractivity contribution is 5.80. The van der Waals surface area contributed by atoms with E-state index >= 15 is 0 Å². The minimum atomic E-state index is -0.538. The summed E-state index contributed by atoms with van der Waals surface area (Å²) in [5, 5.41) is 3.03. The summed E-state index contributed by atoms with van der Waals surface area (Å²) < 4.78 is 7.59. The van der Waals surface area contributed by atoms with E-state index in [0.29, 0.717) is 19.6 Å². The number of aromatic nitrogens is 2. The van der Waals surface area contributed by atoms with E-state index in [4.69, 9.17) is 4.74 Å². The fourth-order valence-corrected chi connectivity index (χ4v) is 4.11. The van der Waals surface area contributed by atoms with Gasteiger partial charge < -0.3 is 19.5 Å². The van der Waals surface area contributed by atoms with Crippen LogP contribution in [0.3, 0.4) is 0 Å². The molecule has 0 aliphatic carbocycles. The minimum Gasteiger partial charge on any atom is -0.444 e. The van der Waals surface area contributed by atoms with Crippen LogP contribution >= 0.6 is 0 Å². The number of amides is 2. The first-order valence-electron chi connectivity index (χ1n) is 11.5. The van der Waals surface area contributed by atoms with Crippen LogP contribution in [0, 0.1) is 5.92 Å². The van der Waals surface area contributed by atoms with Gasteiger partial charge in [0.1, 0.15) is 5.60 Å². The van der Waals surface area contributed by atoms with Crippen LogP contribution in [0.25, 0.3) is 11.0 Å². The van der Waals surface area contributed by atoms with E-state index < -0.39 is 5.60 Å². The maximum atomic E-state index is 12.7. The SMILES string of the molecule is CC(C)(C)OC(=O)N1CCCC(C(=O)NCc2ccc(Cn3cnc4ccccc43)cc2)C1. The van der Waals surface area contributed by atoms with Gasteiger partial charge in [0, 0.05) is 26.2 Å². The monoisotopic (exact) mass is 448 g/mol. The molecule has 1 aliphatic rings. The number of piperidine rings is 1. The van der Waals surface area contributed by atoms with Crippen LogP contribution in [0.1, 0.15) is 44.7 Å². The third kappa shape index (κ3) is 5.92. The number of fused-ring (bicyclic) bond motifs is 1. The van der Waals surface area contributed by atoms with Crippen molar-refractivity contribution in [2.45, 2.75) is 52.3 Å². The first kappa shape index (κ1) is 22.8. The summed E-state index contributed by atoms with van der Waals surface area (Å²) in [6.07, 6.45) is 3.10. The van der Waals surface area contributed by atoms with E-state index in [2.05, 4.69) is 33.1 Å². The summed E-state index contributed by atoms with van der Waals surface area (Å²) in [7, 11) is 0. The van der Waals surface area contributed by atoms with Gasteiger partial charge >= 0.3 is 6.09 Å². The van der Waals surface area contributed by atoms with Crippen LogP contribution in [-0.4, -0.2) is 45.1 Å². The number of carbonyl (C=O) groups is 2. The molecule has 4 rings (SSSR count). The molecule has 0 bridgehead atoms. The number of nitrogens with one attached hydrogen (secondary N) is 1. The predicted octanol–water partition coefficient (Wildman–Crippen LogP) is 4.35. The van der Waals surface area contributed by atoms with Crippen molar-refractivity contribution in [1.82, 2.24) is 19.8 Å². The average molecular weight is 449 g/mol. The van der Waals surface area contributed by atoms with Gasteiger partial charge in [0.15, 0.2) is 0 Å². The molecule has 1 N–H and O–H groups in total. The maximum Gasteiger partial charge on any atom is 0.410 e. The number of para-hydroxylation sites is 2. The van der Waals surface area contributed by atoms with E-state index in [0.717, 1.165) is 36.0 Å². The van der Waals surface area contributed by atoms with Gasteiger partial charge in [-0.2, -0.15) is 0 Å². The number of hydrogen-bond donors (Lipinski definition) is 1. The molecule has 33 heavy (non-hydrogen) atoms. The molecule has 0 spiro atoms. The molecule has 1 atom stereocenters. The van der Waals surface area contributed by atoms with Crippen LogP contribution in [0.5, 0.6) is 0 Å². The first-order chi connectivity index (χ1) is 15.8. The molecule has 2 aromatic carbocycles. The lowest BCUT2D eigenvalue weighted by atomic mass is 9.97. The fourth-order valence-electron chi connectivity index (χ4n) is 4.11. The van der Waals surface area contributed by atoms with Gasteiger partial charge in [-0.3, -0.25) is 4.79 Å². The molecule has 2 heterocycles. The van der Waals surface area contributed by atoms with Crippen molar-refractivity contribution in [3.05, 3.63) is 66.0 Å². The summed E-state index contributed by atoms with van der Waals surface area (Å²) >= 11 is 0. The zero-order valence-electron chi connectivity index (χ0n) is 19.6. The van der Waals surface area contributed by atoms with Crippen molar-refractivity contribution in [3.63, 3.8) is 0 Å². The Hall–Kier alpha value is -3.35. The second-order valence-corrected chi connectivity index (χ2v) is 9.66. The molecular weight excluding hydrogens is 416 g/mol. The van der Waals surface area contributed by atoms with Gasteiger partial charge in [0.2, 0.25) is 5.91 Å². The number of rotatable bonds is 5. The van der Waals surface area contributed by atoms with E-state index in [1.165, 1.54) is 5.56 Å². The maximum absolute atomic E-state index is 12.7. The summed E-state index contributed by atoms with van der Waals surface area (Å²) in [5.41, 5.74) is 3.78. The lowest BCUT2D eigenvalue weighted by molar-refractivity contribution is -0.126. The molecule has 1 aromatic heterocycles. The number of hydrogen-bond acceptors (Lipinski definition) is 4. The number of imidazole rings is 1. The topological polar surface area (TPSA) is 76.5 Å². The molecule has 1 aliphatic heterocycles. The molecule has 0 saturated carbocycles. The zero-order chi connectivity index (χ0) is 23.4. The van der Waals surface area contributed by atoms with Gasteiger partial charge in [-0.05, 0) is 56.9 Å². The van der Waals surface area contributed by atoms with Crippen LogP contribution in [0.15, 0.2) is 54.9 Å². The van der Waals surface area contributed by atoms with Crippen molar-refractivity contribution in [3.8, 4) is 0 Å². The highest BCUT2D eigenvalue weighted by atomic mass is 16.6. The molecule has 1 unspecified atom stereocenters. The Morgan fingerprint density at radius 1 is 1.09 bits per heavy atom. The molecule has 2 amide bonds. The van der Waals surface area contributed by atoms with Crippen LogP contribution in [0.4, 0.5) is 4.79 Å². The van der Waals surface area contributed by atoms with Gasteiger partial charge in [-0.25, -0.2) is 9.78 Å². The van der Waals surface area contributed by atoms with Gasteiger partial charge in [-0.1, -0.05) is 36.4 Å². The molecule has 174 valence electrons. The van der Waals surface area contributed by atoms with E-state index in [1.54, 1.807) is 4.90 Å². The molecule has 7 nitrogen and oxygen atoms in total. The fraction of sp³-hybridized carbons (Fsp3) is 0.423. The Labute approximate surface area is 194 Å². The summed E-state index contributed by atoms with van der Waals surface area (Å²) in [6, 6.07) is 16.3. The Bertz CT molecular complexity index is 1110. The molecular formula is C26H32N4O3. The van der Waals surface area contributed by atoms with Crippen molar-refractivity contribution in [2.75, 3.05) is 13.1 Å². The van der Waals surface area contributed by atoms with Crippen molar-refractivity contribution in [1.29, 1.82) is 0 Å². The lowest BCUT2D eigenvalue weighted by Crippen LogP contribution is -2.46. The molecule has 1 saturated heterocycles. The van der Waals surface area contributed by atoms with E-state index in [-0.39, 0.29) is 17.9 Å². The standard InChI is InChI=1S/C26H32N4O3/c1-26(2,3)33-25(32)29-14-6-7-21(17-29)24(31)27-15-19-10-12-20(13-11-19)16-30-18-28-22-8-4-5-9-23(22)30/h4-5,8-13,18,21H,6-7,14-17H2,1-3H3,(H,27,31). The smallest absolute Gasteiger partial charge is 0.410 e. The van der Waals surface area contributed by atoms with Gasteiger partial charge in [-0.15, -0.1) is 0 Å². The van der Waals surface area contributed by atoms with Gasteiger partial charge in [0.25, 0.3) is 0 Å². The van der Waals surface area contributed by atoms with E-state index in [9.17, 15) is 9.59 Å². The Kier molecular flexibility index (Phi) is 6.67. The molecule has 3 aromatic rings. The normalized spacial score (nSPS) is 16.6. The summed E-state index contributed by atoms with van der Waals surface area (Å²) in [6.45, 7) is 7.79. The van der Waals surface area contributed by atoms with Crippen LogP contribution in [-0.2, 0) is 22.6 Å². The van der Waals surface area contributed by atoms with Crippen molar-refractivity contribution in [2.24, 2.45) is 5.92 Å². The van der Waals surface area contributed by atoms with Gasteiger partial charge in [0.05, 0.1) is 23.3 Å². The second kappa shape index (κ2) is 9.65. The molecule has 0 radical (unpaired) electrons. The Morgan fingerprint density at radius 3 is 2.58 bits per heavy atom. The quantitative estimate of drug-likeness (QED) is 0.630. The zero-order valence-corrected chi connectivity index (χ0v) is 19.6. The lowest BCUT2D eigenvalue weighted by Gasteiger charge is -2.33. The number of nitrogens with zero attached hydrogens (tertiary/aromatic N) is 3. The summed E-state index contributed by atoms with van der Waals surface area (Å²) in [5.74, 6) is -0.225. The van der Waals surface area contributed by atoms with E-state index in [1.807, 2.05) is 57.4 Å². The number of ether oxygens (including phenoxy) is 1. The Balaban J connectivity index is 1.29. The predicted molar refractivity (Wildman–Crippen MR) is 128 cm³/mol. The van der Waals surface area contributed by atoms with Crippen LogP contribution in [0.2, 0.25) is 0 Å². The molecule has 1 fully saturated rings. The average Bonchev–Trinajstić information content (AvgIpc) is 3.20. The Morgan fingerprint density at radius 2 is 1.82 bits per heavy atom. The third-order valence-electron chi connectivity index (χ3n) is 5.81. The van der Waals surface area contributed by atoms with Crippen molar-refractivity contribution < 1.29 is 14.3 Å². The third-order valence-corrected chi connectivity index (χ3v) is 5.81. The first-order valence-corrected chi connectivity index (χ1v) is 11.5. The largest absolute Gasteiger partial charge is 0.444 e. The highest BCUT2D eigenvalue weighted by Crippen LogP contribution is 2.20. The number of carbonyl (C=O) groups excluding carboxylic acids is 2. The second-order valence-electron chi connectivity index (χ2n) is 9.66. The van der Waals surface area contributed by atoms with Crippen LogP contribution < -0.4 is 5.32 Å². The number of likely N-dealkylation sites (tertiary alicyclic amines) is 1. The highest BCUT2D eigenvalue weighted by Gasteiger charge is 2.30. The molecule has 7 heteroatoms. The van der Waals surface area contributed by atoms with Crippen molar-refractivity contribution >= 4 is 23.0 Å².